The molecule has 0 saturated heterocycles. The lowest BCUT2D eigenvalue weighted by atomic mass is 10.1. The second-order valence-electron chi connectivity index (χ2n) is 4.62. The van der Waals surface area contributed by atoms with Gasteiger partial charge in [0.25, 0.3) is 0 Å². The molecule has 1 N–H and O–H groups in total. The normalized spacial score (nSPS) is 13.4. The summed E-state index contributed by atoms with van der Waals surface area (Å²) in [7, 11) is 0. The van der Waals surface area contributed by atoms with Crippen molar-refractivity contribution in [3.05, 3.63) is 59.4 Å². The number of aromatic nitrogens is 1. The number of aromatic carboxylic acids is 1. The van der Waals surface area contributed by atoms with Crippen LogP contribution in [0.1, 0.15) is 21.6 Å². The van der Waals surface area contributed by atoms with Crippen molar-refractivity contribution in [2.45, 2.75) is 13.0 Å². The van der Waals surface area contributed by atoms with Crippen LogP contribution in [0.25, 0.3) is 0 Å². The predicted molar refractivity (Wildman–Crippen MR) is 72.4 cm³/mol. The molecule has 2 heterocycles. The van der Waals surface area contributed by atoms with Crippen LogP contribution in [0.3, 0.4) is 0 Å². The Kier molecular flexibility index (Phi) is 2.91. The highest BCUT2D eigenvalue weighted by Crippen LogP contribution is 2.29. The van der Waals surface area contributed by atoms with Gasteiger partial charge in [0.15, 0.2) is 5.69 Å². The molecule has 1 aliphatic heterocycles. The second-order valence-corrected chi connectivity index (χ2v) is 4.62. The Morgan fingerprint density at radius 1 is 1.26 bits per heavy atom. The summed E-state index contributed by atoms with van der Waals surface area (Å²) < 4.78 is 0. The summed E-state index contributed by atoms with van der Waals surface area (Å²) >= 11 is 0. The standard InChI is InChI=1S/C15H14N2O2/c18-15(19)14-12(5-3-8-16-14)10-17-9-7-11-4-1-2-6-13(11)17/h1-6,8H,7,9-10H2,(H,18,19). The van der Waals surface area contributed by atoms with Gasteiger partial charge in [0.1, 0.15) is 0 Å². The van der Waals surface area contributed by atoms with Gasteiger partial charge >= 0.3 is 5.97 Å². The number of benzene rings is 1. The first-order valence-electron chi connectivity index (χ1n) is 6.26. The molecule has 4 nitrogen and oxygen atoms in total. The Balaban J connectivity index is 1.90. The van der Waals surface area contributed by atoms with Crippen LogP contribution >= 0.6 is 0 Å². The maximum absolute atomic E-state index is 11.2. The van der Waals surface area contributed by atoms with Crippen molar-refractivity contribution in [1.82, 2.24) is 4.98 Å². The van der Waals surface area contributed by atoms with E-state index in [-0.39, 0.29) is 5.69 Å². The largest absolute Gasteiger partial charge is 0.477 e. The van der Waals surface area contributed by atoms with Crippen molar-refractivity contribution in [2.24, 2.45) is 0 Å². The first-order valence-corrected chi connectivity index (χ1v) is 6.26. The molecule has 0 aliphatic carbocycles. The van der Waals surface area contributed by atoms with E-state index in [2.05, 4.69) is 22.0 Å². The third kappa shape index (κ3) is 2.17. The van der Waals surface area contributed by atoms with E-state index in [1.165, 1.54) is 17.4 Å². The van der Waals surface area contributed by atoms with Crippen LogP contribution < -0.4 is 4.90 Å². The van der Waals surface area contributed by atoms with E-state index < -0.39 is 5.97 Å². The van der Waals surface area contributed by atoms with Gasteiger partial charge in [-0.25, -0.2) is 9.78 Å². The van der Waals surface area contributed by atoms with E-state index >= 15 is 0 Å². The van der Waals surface area contributed by atoms with Crippen LogP contribution in [0, 0.1) is 0 Å². The second kappa shape index (κ2) is 4.72. The molecule has 0 spiro atoms. The van der Waals surface area contributed by atoms with Gasteiger partial charge in [0.2, 0.25) is 0 Å². The Hall–Kier alpha value is -2.36. The van der Waals surface area contributed by atoms with Gasteiger partial charge in [-0.05, 0) is 24.1 Å². The first kappa shape index (κ1) is 11.7. The lowest BCUT2D eigenvalue weighted by Crippen LogP contribution is -2.21. The number of para-hydroxylation sites is 1. The number of anilines is 1. The highest BCUT2D eigenvalue weighted by Gasteiger charge is 2.20. The van der Waals surface area contributed by atoms with E-state index in [4.69, 9.17) is 5.11 Å². The molecule has 2 aromatic rings. The lowest BCUT2D eigenvalue weighted by Gasteiger charge is -2.20. The summed E-state index contributed by atoms with van der Waals surface area (Å²) in [4.78, 5) is 17.3. The molecule has 0 atom stereocenters. The molecule has 0 radical (unpaired) electrons. The fourth-order valence-electron chi connectivity index (χ4n) is 2.54. The molecule has 0 fully saturated rings. The number of nitrogens with zero attached hydrogens (tertiary/aromatic N) is 2. The van der Waals surface area contributed by atoms with Gasteiger partial charge in [-0.3, -0.25) is 0 Å². The minimum absolute atomic E-state index is 0.145. The molecule has 0 saturated carbocycles. The third-order valence-corrected chi connectivity index (χ3v) is 3.44. The van der Waals surface area contributed by atoms with Crippen molar-refractivity contribution in [1.29, 1.82) is 0 Å². The number of pyridine rings is 1. The molecule has 96 valence electrons. The van der Waals surface area contributed by atoms with Gasteiger partial charge in [-0.2, -0.15) is 0 Å². The van der Waals surface area contributed by atoms with Crippen LogP contribution in [0.2, 0.25) is 0 Å². The zero-order valence-corrected chi connectivity index (χ0v) is 10.4. The van der Waals surface area contributed by atoms with Crippen LogP contribution in [-0.4, -0.2) is 22.6 Å². The summed E-state index contributed by atoms with van der Waals surface area (Å²) in [5, 5.41) is 9.15. The fraction of sp³-hybridized carbons (Fsp3) is 0.200. The Labute approximate surface area is 111 Å². The van der Waals surface area contributed by atoms with Gasteiger partial charge < -0.3 is 10.0 Å². The summed E-state index contributed by atoms with van der Waals surface area (Å²) in [5.41, 5.74) is 3.42. The molecule has 1 aromatic carbocycles. The summed E-state index contributed by atoms with van der Waals surface area (Å²) in [5.74, 6) is -0.969. The number of rotatable bonds is 3. The van der Waals surface area contributed by atoms with Crippen molar-refractivity contribution in [3.8, 4) is 0 Å². The Bertz CT molecular complexity index is 625. The number of hydrogen-bond acceptors (Lipinski definition) is 3. The highest BCUT2D eigenvalue weighted by molar-refractivity contribution is 5.87. The monoisotopic (exact) mass is 254 g/mol. The lowest BCUT2D eigenvalue weighted by molar-refractivity contribution is 0.0689. The minimum atomic E-state index is -0.969. The maximum Gasteiger partial charge on any atom is 0.354 e. The summed E-state index contributed by atoms with van der Waals surface area (Å²) in [6, 6.07) is 11.9. The SMILES string of the molecule is O=C(O)c1ncccc1CN1CCc2ccccc21. The van der Waals surface area contributed by atoms with Gasteiger partial charge in [-0.1, -0.05) is 24.3 Å². The third-order valence-electron chi connectivity index (χ3n) is 3.44. The Morgan fingerprint density at radius 2 is 2.11 bits per heavy atom. The van der Waals surface area contributed by atoms with Gasteiger partial charge in [0, 0.05) is 30.5 Å². The van der Waals surface area contributed by atoms with Crippen molar-refractivity contribution in [3.63, 3.8) is 0 Å². The zero-order chi connectivity index (χ0) is 13.2. The highest BCUT2D eigenvalue weighted by atomic mass is 16.4. The molecule has 0 unspecified atom stereocenters. The van der Waals surface area contributed by atoms with Crippen molar-refractivity contribution >= 4 is 11.7 Å². The summed E-state index contributed by atoms with van der Waals surface area (Å²) in [6.07, 6.45) is 2.53. The van der Waals surface area contributed by atoms with Crippen LogP contribution in [0.4, 0.5) is 5.69 Å². The number of hydrogen-bond donors (Lipinski definition) is 1. The molecular formula is C15H14N2O2. The number of carboxylic acids is 1. The first-order chi connectivity index (χ1) is 9.25. The number of fused-ring (bicyclic) bond motifs is 1. The van der Waals surface area contributed by atoms with Crippen LogP contribution in [0.15, 0.2) is 42.6 Å². The quantitative estimate of drug-likeness (QED) is 0.913. The van der Waals surface area contributed by atoms with E-state index in [0.717, 1.165) is 18.5 Å². The fourth-order valence-corrected chi connectivity index (χ4v) is 2.54. The van der Waals surface area contributed by atoms with E-state index in [1.807, 2.05) is 18.2 Å². The molecule has 0 amide bonds. The molecular weight excluding hydrogens is 240 g/mol. The average molecular weight is 254 g/mol. The van der Waals surface area contributed by atoms with E-state index in [0.29, 0.717) is 6.54 Å². The summed E-state index contributed by atoms with van der Waals surface area (Å²) in [6.45, 7) is 1.51. The minimum Gasteiger partial charge on any atom is -0.477 e. The maximum atomic E-state index is 11.2. The number of carboxylic acid groups (broad SMARTS) is 1. The van der Waals surface area contributed by atoms with Crippen molar-refractivity contribution in [2.75, 3.05) is 11.4 Å². The molecule has 1 aromatic heterocycles. The molecule has 19 heavy (non-hydrogen) atoms. The van der Waals surface area contributed by atoms with E-state index in [1.54, 1.807) is 6.07 Å². The predicted octanol–water partition coefficient (Wildman–Crippen LogP) is 2.34. The van der Waals surface area contributed by atoms with Gasteiger partial charge in [0.05, 0.1) is 0 Å². The Morgan fingerprint density at radius 3 is 2.95 bits per heavy atom. The van der Waals surface area contributed by atoms with Crippen LogP contribution in [-0.2, 0) is 13.0 Å². The molecule has 3 rings (SSSR count). The zero-order valence-electron chi connectivity index (χ0n) is 10.4. The number of carbonyl (C=O) groups is 1. The van der Waals surface area contributed by atoms with Crippen LogP contribution in [0.5, 0.6) is 0 Å². The molecule has 1 aliphatic rings. The van der Waals surface area contributed by atoms with Gasteiger partial charge in [-0.15, -0.1) is 0 Å². The average Bonchev–Trinajstić information content (AvgIpc) is 2.83. The topological polar surface area (TPSA) is 53.4 Å². The van der Waals surface area contributed by atoms with Crippen molar-refractivity contribution < 1.29 is 9.90 Å². The molecule has 0 bridgehead atoms. The smallest absolute Gasteiger partial charge is 0.354 e. The van der Waals surface area contributed by atoms with E-state index in [9.17, 15) is 4.79 Å². The molecule has 4 heteroatoms.